The summed E-state index contributed by atoms with van der Waals surface area (Å²) >= 11 is 0. The SMILES string of the molecule is CCOc1ccc(C(O)Nc2ccc(C(F)(F)F)c(COc3cncc(C(N)=O)c3)c2)cn1. The normalized spacial score (nSPS) is 12.2. The zero-order valence-corrected chi connectivity index (χ0v) is 17.5. The van der Waals surface area contributed by atoms with Crippen LogP contribution < -0.4 is 20.5 Å². The van der Waals surface area contributed by atoms with Gasteiger partial charge in [-0.25, -0.2) is 4.98 Å². The molecular formula is C22H21F3N4O4. The quantitative estimate of drug-likeness (QED) is 0.415. The summed E-state index contributed by atoms with van der Waals surface area (Å²) in [5.74, 6) is -0.275. The Morgan fingerprint density at radius 1 is 1.15 bits per heavy atom. The maximum atomic E-state index is 13.5. The number of nitrogens with one attached hydrogen (secondary N) is 1. The van der Waals surface area contributed by atoms with E-state index in [4.69, 9.17) is 15.2 Å². The number of hydrogen-bond donors (Lipinski definition) is 3. The molecule has 1 atom stereocenters. The lowest BCUT2D eigenvalue weighted by Crippen LogP contribution is -2.14. The standard InChI is InChI=1S/C22H21F3N4O4/c1-2-32-19-6-3-13(10-28-19)21(31)29-16-4-5-18(22(23,24)25)15(7-16)12-33-17-8-14(20(26)30)9-27-11-17/h3-11,21,29,31H,2,12H2,1H3,(H2,26,30). The van der Waals surface area contributed by atoms with Crippen molar-refractivity contribution in [3.8, 4) is 11.6 Å². The number of ether oxygens (including phenoxy) is 2. The van der Waals surface area contributed by atoms with E-state index >= 15 is 0 Å². The number of alkyl halides is 3. The summed E-state index contributed by atoms with van der Waals surface area (Å²) in [5, 5.41) is 13.1. The van der Waals surface area contributed by atoms with Gasteiger partial charge < -0.3 is 25.6 Å². The number of nitrogens with zero attached hydrogens (tertiary/aromatic N) is 2. The molecule has 0 aliphatic rings. The number of aliphatic hydroxyl groups excluding tert-OH is 1. The first-order valence-electron chi connectivity index (χ1n) is 9.78. The molecule has 1 aromatic carbocycles. The number of anilines is 1. The number of pyridine rings is 2. The van der Waals surface area contributed by atoms with Crippen molar-refractivity contribution in [2.45, 2.75) is 25.9 Å². The zero-order valence-electron chi connectivity index (χ0n) is 17.5. The van der Waals surface area contributed by atoms with Crippen LogP contribution in [-0.4, -0.2) is 27.6 Å². The third-order valence-electron chi connectivity index (χ3n) is 4.47. The topological polar surface area (TPSA) is 120 Å². The van der Waals surface area contributed by atoms with Gasteiger partial charge in [-0.1, -0.05) is 0 Å². The number of primary amides is 1. The molecular weight excluding hydrogens is 441 g/mol. The van der Waals surface area contributed by atoms with E-state index in [1.807, 2.05) is 6.92 Å². The molecule has 0 fully saturated rings. The highest BCUT2D eigenvalue weighted by Crippen LogP contribution is 2.34. The highest BCUT2D eigenvalue weighted by atomic mass is 19.4. The highest BCUT2D eigenvalue weighted by Gasteiger charge is 2.33. The Morgan fingerprint density at radius 2 is 1.94 bits per heavy atom. The summed E-state index contributed by atoms with van der Waals surface area (Å²) in [7, 11) is 0. The Bertz CT molecular complexity index is 1110. The van der Waals surface area contributed by atoms with Crippen LogP contribution in [-0.2, 0) is 12.8 Å². The van der Waals surface area contributed by atoms with Crippen LogP contribution in [0.2, 0.25) is 0 Å². The summed E-state index contributed by atoms with van der Waals surface area (Å²) in [6.07, 6.45) is -1.98. The first-order valence-corrected chi connectivity index (χ1v) is 9.78. The average molecular weight is 462 g/mol. The van der Waals surface area contributed by atoms with Crippen LogP contribution in [0.4, 0.5) is 18.9 Å². The number of carbonyl (C=O) groups is 1. The van der Waals surface area contributed by atoms with E-state index in [9.17, 15) is 23.1 Å². The molecule has 3 aromatic rings. The number of benzene rings is 1. The average Bonchev–Trinajstić information content (AvgIpc) is 2.78. The molecule has 8 nitrogen and oxygen atoms in total. The molecule has 3 rings (SSSR count). The Balaban J connectivity index is 1.79. The molecule has 0 aliphatic heterocycles. The Hall–Kier alpha value is -3.86. The fraction of sp³-hybridized carbons (Fsp3) is 0.227. The van der Waals surface area contributed by atoms with Gasteiger partial charge in [-0.2, -0.15) is 13.2 Å². The van der Waals surface area contributed by atoms with Crippen molar-refractivity contribution in [1.29, 1.82) is 0 Å². The predicted octanol–water partition coefficient (Wildman–Crippen LogP) is 3.68. The molecule has 4 N–H and O–H groups in total. The molecule has 2 aromatic heterocycles. The maximum absolute atomic E-state index is 13.5. The molecule has 0 aliphatic carbocycles. The largest absolute Gasteiger partial charge is 0.487 e. The first kappa shape index (κ1) is 23.8. The molecule has 1 unspecified atom stereocenters. The first-order chi connectivity index (χ1) is 15.7. The van der Waals surface area contributed by atoms with Crippen LogP contribution in [0.1, 0.15) is 40.2 Å². The monoisotopic (exact) mass is 462 g/mol. The van der Waals surface area contributed by atoms with Gasteiger partial charge in [-0.05, 0) is 37.3 Å². The Labute approximate surface area is 187 Å². The number of aliphatic hydroxyl groups is 1. The van der Waals surface area contributed by atoms with Crippen molar-refractivity contribution in [2.24, 2.45) is 5.73 Å². The van der Waals surface area contributed by atoms with Gasteiger partial charge in [-0.15, -0.1) is 0 Å². The highest BCUT2D eigenvalue weighted by molar-refractivity contribution is 5.92. The summed E-state index contributed by atoms with van der Waals surface area (Å²) in [5.41, 5.74) is 4.78. The molecule has 33 heavy (non-hydrogen) atoms. The second-order valence-corrected chi connectivity index (χ2v) is 6.84. The second-order valence-electron chi connectivity index (χ2n) is 6.84. The summed E-state index contributed by atoms with van der Waals surface area (Å²) < 4.78 is 51.1. The smallest absolute Gasteiger partial charge is 0.416 e. The molecule has 0 radical (unpaired) electrons. The van der Waals surface area contributed by atoms with Gasteiger partial charge in [0.1, 0.15) is 12.4 Å². The number of nitrogens with two attached hydrogens (primary N) is 1. The third kappa shape index (κ3) is 6.32. The molecule has 0 spiro atoms. The van der Waals surface area contributed by atoms with Crippen LogP contribution in [0.5, 0.6) is 11.6 Å². The van der Waals surface area contributed by atoms with E-state index in [0.29, 0.717) is 18.1 Å². The number of carbonyl (C=O) groups excluding carboxylic acids is 1. The lowest BCUT2D eigenvalue weighted by atomic mass is 10.1. The van der Waals surface area contributed by atoms with Crippen LogP contribution in [0.15, 0.2) is 55.0 Å². The van der Waals surface area contributed by atoms with E-state index in [-0.39, 0.29) is 22.6 Å². The van der Waals surface area contributed by atoms with Crippen molar-refractivity contribution in [3.05, 3.63) is 77.2 Å². The van der Waals surface area contributed by atoms with Gasteiger partial charge in [0.2, 0.25) is 11.8 Å². The molecule has 0 saturated heterocycles. The van der Waals surface area contributed by atoms with E-state index in [1.165, 1.54) is 36.8 Å². The van der Waals surface area contributed by atoms with Gasteiger partial charge >= 0.3 is 6.18 Å². The van der Waals surface area contributed by atoms with Gasteiger partial charge in [0.15, 0.2) is 6.23 Å². The zero-order chi connectivity index (χ0) is 24.0. The van der Waals surface area contributed by atoms with Crippen LogP contribution in [0, 0.1) is 0 Å². The lowest BCUT2D eigenvalue weighted by Gasteiger charge is -2.18. The molecule has 0 saturated carbocycles. The number of hydrogen-bond acceptors (Lipinski definition) is 7. The van der Waals surface area contributed by atoms with E-state index < -0.39 is 30.5 Å². The van der Waals surface area contributed by atoms with E-state index in [1.54, 1.807) is 12.1 Å². The lowest BCUT2D eigenvalue weighted by molar-refractivity contribution is -0.138. The predicted molar refractivity (Wildman–Crippen MR) is 113 cm³/mol. The Kier molecular flexibility index (Phi) is 7.34. The number of rotatable bonds is 9. The van der Waals surface area contributed by atoms with Gasteiger partial charge in [-0.3, -0.25) is 9.78 Å². The van der Waals surface area contributed by atoms with Gasteiger partial charge in [0, 0.05) is 35.3 Å². The maximum Gasteiger partial charge on any atom is 0.416 e. The van der Waals surface area contributed by atoms with Crippen molar-refractivity contribution < 1.29 is 32.5 Å². The van der Waals surface area contributed by atoms with Crippen LogP contribution in [0.25, 0.3) is 0 Å². The summed E-state index contributed by atoms with van der Waals surface area (Å²) in [6.45, 7) is 1.78. The van der Waals surface area contributed by atoms with Crippen LogP contribution in [0.3, 0.4) is 0 Å². The molecule has 0 bridgehead atoms. The van der Waals surface area contributed by atoms with Gasteiger partial charge in [0.25, 0.3) is 0 Å². The van der Waals surface area contributed by atoms with Crippen molar-refractivity contribution >= 4 is 11.6 Å². The van der Waals surface area contributed by atoms with Crippen molar-refractivity contribution in [2.75, 3.05) is 11.9 Å². The molecule has 174 valence electrons. The fourth-order valence-electron chi connectivity index (χ4n) is 2.90. The minimum absolute atomic E-state index is 0.0612. The van der Waals surface area contributed by atoms with E-state index in [2.05, 4.69) is 15.3 Å². The number of halogens is 3. The van der Waals surface area contributed by atoms with Gasteiger partial charge in [0.05, 0.1) is 23.9 Å². The molecule has 1 amide bonds. The third-order valence-corrected chi connectivity index (χ3v) is 4.47. The van der Waals surface area contributed by atoms with Crippen molar-refractivity contribution in [3.63, 3.8) is 0 Å². The molecule has 11 heteroatoms. The number of amides is 1. The fourth-order valence-corrected chi connectivity index (χ4v) is 2.90. The van der Waals surface area contributed by atoms with E-state index in [0.717, 1.165) is 6.07 Å². The minimum atomic E-state index is -4.62. The summed E-state index contributed by atoms with van der Waals surface area (Å²) in [4.78, 5) is 19.1. The number of aromatic nitrogens is 2. The van der Waals surface area contributed by atoms with Crippen LogP contribution >= 0.6 is 0 Å². The summed E-state index contributed by atoms with van der Waals surface area (Å²) in [6, 6.07) is 7.76. The van der Waals surface area contributed by atoms with Crippen molar-refractivity contribution in [1.82, 2.24) is 9.97 Å². The molecule has 2 heterocycles. The minimum Gasteiger partial charge on any atom is -0.487 e. The Morgan fingerprint density at radius 3 is 2.58 bits per heavy atom. The second kappa shape index (κ2) is 10.2.